The molecule has 0 aliphatic rings. The van der Waals surface area contributed by atoms with Crippen molar-refractivity contribution in [1.29, 1.82) is 0 Å². The smallest absolute Gasteiger partial charge is 0.259 e. The van der Waals surface area contributed by atoms with Crippen LogP contribution in [0.25, 0.3) is 0 Å². The summed E-state index contributed by atoms with van der Waals surface area (Å²) in [6.07, 6.45) is 0. The maximum atomic E-state index is 12.1. The number of phenolic OH excluding ortho intramolecular Hbond substituents is 1. The normalized spacial score (nSPS) is 10.1. The Balaban J connectivity index is 2.21. The Bertz CT molecular complexity index is 659. The van der Waals surface area contributed by atoms with Gasteiger partial charge in [0.25, 0.3) is 5.91 Å². The second kappa shape index (κ2) is 5.83. The summed E-state index contributed by atoms with van der Waals surface area (Å²) in [6.45, 7) is 0. The minimum atomic E-state index is -0.424. The number of nitrogens with one attached hydrogen (secondary N) is 1. The van der Waals surface area contributed by atoms with Gasteiger partial charge in [-0.1, -0.05) is 0 Å². The van der Waals surface area contributed by atoms with E-state index in [2.05, 4.69) is 21.2 Å². The number of anilines is 2. The summed E-state index contributed by atoms with van der Waals surface area (Å²) in [6, 6.07) is 9.54. The van der Waals surface area contributed by atoms with Crippen LogP contribution in [-0.2, 0) is 0 Å². The van der Waals surface area contributed by atoms with Gasteiger partial charge in [0.15, 0.2) is 0 Å². The number of ether oxygens (including phenoxy) is 1. The van der Waals surface area contributed by atoms with Crippen LogP contribution < -0.4 is 15.8 Å². The number of rotatable bonds is 3. The number of amides is 1. The van der Waals surface area contributed by atoms with Gasteiger partial charge >= 0.3 is 0 Å². The van der Waals surface area contributed by atoms with Gasteiger partial charge in [0, 0.05) is 21.9 Å². The standard InChI is InChI=1S/C14H13BrN2O3/c1-20-9-3-4-10(13(18)7-9)14(19)17-8-2-5-11(15)12(16)6-8/h2-7,18H,16H2,1H3,(H,17,19). The summed E-state index contributed by atoms with van der Waals surface area (Å²) in [7, 11) is 1.49. The quantitative estimate of drug-likeness (QED) is 0.752. The molecule has 0 saturated heterocycles. The monoisotopic (exact) mass is 336 g/mol. The zero-order valence-corrected chi connectivity index (χ0v) is 12.3. The number of carbonyl (C=O) groups excluding carboxylic acids is 1. The summed E-state index contributed by atoms with van der Waals surface area (Å²) in [5.74, 6) is -0.0919. The summed E-state index contributed by atoms with van der Waals surface area (Å²) in [5, 5.41) is 12.5. The highest BCUT2D eigenvalue weighted by atomic mass is 79.9. The number of halogens is 1. The highest BCUT2D eigenvalue weighted by molar-refractivity contribution is 9.10. The minimum absolute atomic E-state index is 0.146. The van der Waals surface area contributed by atoms with Crippen LogP contribution in [0, 0.1) is 0 Å². The number of benzene rings is 2. The average molecular weight is 337 g/mol. The minimum Gasteiger partial charge on any atom is -0.507 e. The fraction of sp³-hybridized carbons (Fsp3) is 0.0714. The van der Waals surface area contributed by atoms with E-state index in [-0.39, 0.29) is 11.3 Å². The summed E-state index contributed by atoms with van der Waals surface area (Å²) >= 11 is 3.28. The molecule has 0 aromatic heterocycles. The number of hydrogen-bond acceptors (Lipinski definition) is 4. The van der Waals surface area contributed by atoms with E-state index in [0.29, 0.717) is 17.1 Å². The van der Waals surface area contributed by atoms with Gasteiger partial charge in [0.1, 0.15) is 11.5 Å². The Morgan fingerprint density at radius 3 is 2.65 bits per heavy atom. The molecule has 2 rings (SSSR count). The van der Waals surface area contributed by atoms with E-state index < -0.39 is 5.91 Å². The van der Waals surface area contributed by atoms with E-state index in [1.165, 1.54) is 19.2 Å². The van der Waals surface area contributed by atoms with Crippen LogP contribution in [0.4, 0.5) is 11.4 Å². The van der Waals surface area contributed by atoms with Gasteiger partial charge in [-0.3, -0.25) is 4.79 Å². The maximum absolute atomic E-state index is 12.1. The van der Waals surface area contributed by atoms with Gasteiger partial charge < -0.3 is 20.9 Å². The van der Waals surface area contributed by atoms with Crippen LogP contribution >= 0.6 is 15.9 Å². The highest BCUT2D eigenvalue weighted by Crippen LogP contribution is 2.26. The van der Waals surface area contributed by atoms with Crippen LogP contribution in [0.5, 0.6) is 11.5 Å². The molecule has 104 valence electrons. The van der Waals surface area contributed by atoms with Crippen molar-refractivity contribution in [2.75, 3.05) is 18.2 Å². The van der Waals surface area contributed by atoms with E-state index in [1.54, 1.807) is 24.3 Å². The number of phenols is 1. The molecule has 0 aliphatic heterocycles. The van der Waals surface area contributed by atoms with Crippen molar-refractivity contribution in [2.24, 2.45) is 0 Å². The van der Waals surface area contributed by atoms with Crippen molar-refractivity contribution in [1.82, 2.24) is 0 Å². The van der Waals surface area contributed by atoms with Crippen molar-refractivity contribution in [3.8, 4) is 11.5 Å². The fourth-order valence-electron chi connectivity index (χ4n) is 1.65. The third-order valence-electron chi connectivity index (χ3n) is 2.70. The van der Waals surface area contributed by atoms with E-state index in [0.717, 1.165) is 4.47 Å². The first-order valence-electron chi connectivity index (χ1n) is 5.74. The average Bonchev–Trinajstić information content (AvgIpc) is 2.42. The summed E-state index contributed by atoms with van der Waals surface area (Å²) in [5.41, 5.74) is 6.96. The molecule has 0 atom stereocenters. The number of methoxy groups -OCH3 is 1. The molecule has 0 bridgehead atoms. The molecule has 5 nitrogen and oxygen atoms in total. The SMILES string of the molecule is COc1ccc(C(=O)Nc2ccc(Br)c(N)c2)c(O)c1. The number of nitrogens with two attached hydrogens (primary N) is 1. The first-order valence-corrected chi connectivity index (χ1v) is 6.54. The van der Waals surface area contributed by atoms with E-state index in [4.69, 9.17) is 10.5 Å². The van der Waals surface area contributed by atoms with Crippen LogP contribution in [0.15, 0.2) is 40.9 Å². The van der Waals surface area contributed by atoms with Crippen LogP contribution in [0.2, 0.25) is 0 Å². The molecule has 0 aliphatic carbocycles. The van der Waals surface area contributed by atoms with Crippen molar-refractivity contribution in [3.05, 3.63) is 46.4 Å². The number of hydrogen-bond donors (Lipinski definition) is 3. The molecule has 6 heteroatoms. The number of nitrogen functional groups attached to an aromatic ring is 1. The molecule has 2 aromatic carbocycles. The zero-order valence-electron chi connectivity index (χ0n) is 10.7. The fourth-order valence-corrected chi connectivity index (χ4v) is 1.90. The van der Waals surface area contributed by atoms with Crippen molar-refractivity contribution in [3.63, 3.8) is 0 Å². The molecule has 0 radical (unpaired) electrons. The number of aromatic hydroxyl groups is 1. The Hall–Kier alpha value is -2.21. The molecule has 1 amide bonds. The Labute approximate surface area is 124 Å². The van der Waals surface area contributed by atoms with Crippen LogP contribution in [0.1, 0.15) is 10.4 Å². The van der Waals surface area contributed by atoms with Crippen molar-refractivity contribution in [2.45, 2.75) is 0 Å². The molecule has 0 unspecified atom stereocenters. The van der Waals surface area contributed by atoms with Gasteiger partial charge in [0.05, 0.1) is 12.7 Å². The van der Waals surface area contributed by atoms with Crippen molar-refractivity contribution < 1.29 is 14.6 Å². The zero-order chi connectivity index (χ0) is 14.7. The van der Waals surface area contributed by atoms with Gasteiger partial charge in [-0.25, -0.2) is 0 Å². The third kappa shape index (κ3) is 3.03. The molecule has 20 heavy (non-hydrogen) atoms. The molecule has 4 N–H and O–H groups in total. The first-order chi connectivity index (χ1) is 9.51. The third-order valence-corrected chi connectivity index (χ3v) is 3.43. The molecular formula is C14H13BrN2O3. The molecule has 2 aromatic rings. The molecule has 0 saturated carbocycles. The maximum Gasteiger partial charge on any atom is 0.259 e. The number of carbonyl (C=O) groups is 1. The topological polar surface area (TPSA) is 84.6 Å². The van der Waals surface area contributed by atoms with E-state index in [1.807, 2.05) is 0 Å². The van der Waals surface area contributed by atoms with Crippen LogP contribution in [-0.4, -0.2) is 18.1 Å². The van der Waals surface area contributed by atoms with E-state index >= 15 is 0 Å². The van der Waals surface area contributed by atoms with Gasteiger partial charge in [-0.05, 0) is 46.3 Å². The predicted molar refractivity (Wildman–Crippen MR) is 81.2 cm³/mol. The lowest BCUT2D eigenvalue weighted by Gasteiger charge is -2.09. The van der Waals surface area contributed by atoms with Gasteiger partial charge in [-0.2, -0.15) is 0 Å². The first kappa shape index (κ1) is 14.2. The van der Waals surface area contributed by atoms with Gasteiger partial charge in [-0.15, -0.1) is 0 Å². The Kier molecular flexibility index (Phi) is 4.14. The summed E-state index contributed by atoms with van der Waals surface area (Å²) < 4.78 is 5.72. The van der Waals surface area contributed by atoms with Gasteiger partial charge in [0.2, 0.25) is 0 Å². The largest absolute Gasteiger partial charge is 0.507 e. The second-order valence-corrected chi connectivity index (χ2v) is 4.93. The molecular weight excluding hydrogens is 324 g/mol. The lowest BCUT2D eigenvalue weighted by Crippen LogP contribution is -2.12. The lowest BCUT2D eigenvalue weighted by molar-refractivity contribution is 0.102. The van der Waals surface area contributed by atoms with Crippen molar-refractivity contribution >= 4 is 33.2 Å². The molecule has 0 fully saturated rings. The predicted octanol–water partition coefficient (Wildman–Crippen LogP) is 3.00. The lowest BCUT2D eigenvalue weighted by atomic mass is 10.1. The molecule has 0 heterocycles. The second-order valence-electron chi connectivity index (χ2n) is 4.07. The Morgan fingerprint density at radius 2 is 2.05 bits per heavy atom. The summed E-state index contributed by atoms with van der Waals surface area (Å²) in [4.78, 5) is 12.1. The Morgan fingerprint density at radius 1 is 1.30 bits per heavy atom. The highest BCUT2D eigenvalue weighted by Gasteiger charge is 2.12. The van der Waals surface area contributed by atoms with Crippen LogP contribution in [0.3, 0.4) is 0 Å². The van der Waals surface area contributed by atoms with E-state index in [9.17, 15) is 9.90 Å². The molecule has 0 spiro atoms.